The van der Waals surface area contributed by atoms with Crippen LogP contribution in [0, 0.1) is 0 Å². The average Bonchev–Trinajstić information content (AvgIpc) is 3.22. The molecular formula is C29H29Cl2N3O5. The second kappa shape index (κ2) is 13.0. The molecule has 39 heavy (non-hydrogen) atoms. The van der Waals surface area contributed by atoms with Crippen molar-refractivity contribution in [2.45, 2.75) is 37.5 Å². The molecule has 0 fully saturated rings. The first-order valence-electron chi connectivity index (χ1n) is 12.5. The first-order valence-corrected chi connectivity index (χ1v) is 13.3. The number of anilines is 1. The highest BCUT2D eigenvalue weighted by Gasteiger charge is 2.51. The lowest BCUT2D eigenvalue weighted by Crippen LogP contribution is -2.56. The van der Waals surface area contributed by atoms with Crippen molar-refractivity contribution in [3.63, 3.8) is 0 Å². The Bertz CT molecular complexity index is 1340. The summed E-state index contributed by atoms with van der Waals surface area (Å²) in [5.41, 5.74) is 1.04. The highest BCUT2D eigenvalue weighted by Crippen LogP contribution is 2.44. The fourth-order valence-corrected chi connectivity index (χ4v) is 5.07. The third-order valence-corrected chi connectivity index (χ3v) is 7.10. The lowest BCUT2D eigenvalue weighted by Gasteiger charge is -2.34. The summed E-state index contributed by atoms with van der Waals surface area (Å²) in [6.07, 6.45) is 0.941. The number of esters is 1. The van der Waals surface area contributed by atoms with Crippen LogP contribution in [0.2, 0.25) is 10.0 Å². The minimum absolute atomic E-state index is 0.179. The molecule has 2 amide bonds. The maximum Gasteiger partial charge on any atom is 0.407 e. The van der Waals surface area contributed by atoms with E-state index in [9.17, 15) is 14.4 Å². The third-order valence-electron chi connectivity index (χ3n) is 6.53. The Morgan fingerprint density at radius 1 is 0.974 bits per heavy atom. The molecule has 0 aliphatic carbocycles. The molecule has 4 rings (SSSR count). The van der Waals surface area contributed by atoms with Gasteiger partial charge in [-0.1, -0.05) is 71.7 Å². The Morgan fingerprint density at radius 3 is 2.46 bits per heavy atom. The molecule has 204 valence electrons. The summed E-state index contributed by atoms with van der Waals surface area (Å²) < 4.78 is 10.3. The van der Waals surface area contributed by atoms with Crippen molar-refractivity contribution in [1.82, 2.24) is 10.6 Å². The van der Waals surface area contributed by atoms with Gasteiger partial charge in [0.1, 0.15) is 12.6 Å². The maximum atomic E-state index is 13.6. The topological polar surface area (TPSA) is 106 Å². The smallest absolute Gasteiger partial charge is 0.407 e. The van der Waals surface area contributed by atoms with Crippen molar-refractivity contribution in [1.29, 1.82) is 0 Å². The quantitative estimate of drug-likeness (QED) is 0.210. The van der Waals surface area contributed by atoms with Crippen LogP contribution in [0.3, 0.4) is 0 Å². The van der Waals surface area contributed by atoms with Gasteiger partial charge in [0.15, 0.2) is 5.54 Å². The Kier molecular flexibility index (Phi) is 9.45. The zero-order chi connectivity index (χ0) is 27.8. The Morgan fingerprint density at radius 2 is 1.72 bits per heavy atom. The Hall–Kier alpha value is -3.59. The van der Waals surface area contributed by atoms with Gasteiger partial charge in [-0.3, -0.25) is 14.9 Å². The van der Waals surface area contributed by atoms with Crippen molar-refractivity contribution in [2.75, 3.05) is 19.0 Å². The molecular weight excluding hydrogens is 541 g/mol. The molecule has 2 atom stereocenters. The van der Waals surface area contributed by atoms with E-state index in [0.717, 1.165) is 5.56 Å². The van der Waals surface area contributed by atoms with E-state index >= 15 is 0 Å². The van der Waals surface area contributed by atoms with Crippen molar-refractivity contribution in [2.24, 2.45) is 0 Å². The molecule has 0 saturated heterocycles. The predicted octanol–water partition coefficient (Wildman–Crippen LogP) is 5.42. The molecule has 3 N–H and O–H groups in total. The standard InChI is InChI=1S/C29H29Cl2N3O5/c1-38-26(35)25(13-7-8-16-32-28(37)39-18-19-9-3-2-4-10-19)34-29(21-11-5-6-12-23(21)31)22-17-20(30)14-15-24(22)33-27(29)36/h2-6,9-12,14-15,17,25,34H,7-8,13,16,18H2,1H3,(H,32,37)(H,33,36)/t25-,29?/m1/s1. The number of unbranched alkanes of at least 4 members (excludes halogenated alkanes) is 1. The largest absolute Gasteiger partial charge is 0.468 e. The third kappa shape index (κ3) is 6.53. The van der Waals surface area contributed by atoms with Gasteiger partial charge in [-0.15, -0.1) is 0 Å². The summed E-state index contributed by atoms with van der Waals surface area (Å²) in [6.45, 7) is 0.536. The summed E-state index contributed by atoms with van der Waals surface area (Å²) in [4.78, 5) is 38.5. The molecule has 0 radical (unpaired) electrons. The fourth-order valence-electron chi connectivity index (χ4n) is 4.62. The van der Waals surface area contributed by atoms with Gasteiger partial charge in [0, 0.05) is 33.4 Å². The second-order valence-electron chi connectivity index (χ2n) is 9.08. The highest BCUT2D eigenvalue weighted by atomic mass is 35.5. The highest BCUT2D eigenvalue weighted by molar-refractivity contribution is 6.32. The van der Waals surface area contributed by atoms with Crippen LogP contribution in [0.1, 0.15) is 36.0 Å². The van der Waals surface area contributed by atoms with E-state index in [2.05, 4.69) is 16.0 Å². The van der Waals surface area contributed by atoms with Gasteiger partial charge >= 0.3 is 12.1 Å². The van der Waals surface area contributed by atoms with Crippen LogP contribution in [0.5, 0.6) is 0 Å². The maximum absolute atomic E-state index is 13.6. The number of carbonyl (C=O) groups excluding carboxylic acids is 3. The van der Waals surface area contributed by atoms with Gasteiger partial charge in [0.05, 0.1) is 7.11 Å². The van der Waals surface area contributed by atoms with Gasteiger partial charge in [-0.2, -0.15) is 0 Å². The molecule has 1 heterocycles. The van der Waals surface area contributed by atoms with Crippen molar-refractivity contribution in [3.05, 3.63) is 99.5 Å². The Labute approximate surface area is 237 Å². The molecule has 1 unspecified atom stereocenters. The van der Waals surface area contributed by atoms with Gasteiger partial charge in [-0.25, -0.2) is 4.79 Å². The molecule has 1 aliphatic heterocycles. The zero-order valence-electron chi connectivity index (χ0n) is 21.3. The number of rotatable bonds is 11. The molecule has 0 spiro atoms. The van der Waals surface area contributed by atoms with Crippen molar-refractivity contribution < 1.29 is 23.9 Å². The first-order chi connectivity index (χ1) is 18.8. The number of methoxy groups -OCH3 is 1. The van der Waals surface area contributed by atoms with E-state index in [1.807, 2.05) is 30.3 Å². The van der Waals surface area contributed by atoms with Gasteiger partial charge in [-0.05, 0) is 49.1 Å². The van der Waals surface area contributed by atoms with Crippen molar-refractivity contribution >= 4 is 46.9 Å². The lowest BCUT2D eigenvalue weighted by atomic mass is 9.82. The summed E-state index contributed by atoms with van der Waals surface area (Å²) in [5.74, 6) is -0.912. The molecule has 3 aromatic rings. The van der Waals surface area contributed by atoms with E-state index in [4.69, 9.17) is 32.7 Å². The number of hydrogen-bond acceptors (Lipinski definition) is 6. The van der Waals surface area contributed by atoms with Gasteiger partial charge in [0.25, 0.3) is 5.91 Å². The van der Waals surface area contributed by atoms with Crippen LogP contribution in [-0.2, 0) is 31.2 Å². The average molecular weight is 570 g/mol. The normalized spacial score (nSPS) is 16.6. The number of ether oxygens (including phenoxy) is 2. The number of alkyl carbamates (subject to hydrolysis) is 1. The molecule has 1 aliphatic rings. The van der Waals surface area contributed by atoms with Crippen molar-refractivity contribution in [3.8, 4) is 0 Å². The molecule has 8 nitrogen and oxygen atoms in total. The summed E-state index contributed by atoms with van der Waals surface area (Å²) in [7, 11) is 1.29. The van der Waals surface area contributed by atoms with E-state index in [0.29, 0.717) is 52.7 Å². The van der Waals surface area contributed by atoms with E-state index in [1.165, 1.54) is 7.11 Å². The fraction of sp³-hybridized carbons (Fsp3) is 0.276. The summed E-state index contributed by atoms with van der Waals surface area (Å²) in [6, 6.07) is 20.6. The lowest BCUT2D eigenvalue weighted by molar-refractivity contribution is -0.144. The number of carbonyl (C=O) groups is 3. The number of hydrogen-bond donors (Lipinski definition) is 3. The SMILES string of the molecule is COC(=O)[C@@H](CCCCNC(=O)OCc1ccccc1)NC1(c2ccccc2Cl)C(=O)Nc2ccc(Cl)cc21. The monoisotopic (exact) mass is 569 g/mol. The zero-order valence-corrected chi connectivity index (χ0v) is 22.9. The van der Waals surface area contributed by atoms with Crippen LogP contribution < -0.4 is 16.0 Å². The molecule has 3 aromatic carbocycles. The van der Waals surface area contributed by atoms with Crippen LogP contribution >= 0.6 is 23.2 Å². The molecule has 10 heteroatoms. The molecule has 0 bridgehead atoms. The molecule has 0 aromatic heterocycles. The van der Waals surface area contributed by atoms with Crippen LogP contribution in [0.15, 0.2) is 72.8 Å². The number of fused-ring (bicyclic) bond motifs is 1. The van der Waals surface area contributed by atoms with Gasteiger partial charge < -0.3 is 20.1 Å². The second-order valence-corrected chi connectivity index (χ2v) is 9.92. The number of amides is 2. The summed E-state index contributed by atoms with van der Waals surface area (Å²) >= 11 is 12.9. The van der Waals surface area contributed by atoms with E-state index in [-0.39, 0.29) is 12.5 Å². The van der Waals surface area contributed by atoms with Gasteiger partial charge in [0.2, 0.25) is 0 Å². The predicted molar refractivity (Wildman–Crippen MR) is 150 cm³/mol. The van der Waals surface area contributed by atoms with Crippen LogP contribution in [0.4, 0.5) is 10.5 Å². The van der Waals surface area contributed by atoms with E-state index in [1.54, 1.807) is 42.5 Å². The minimum Gasteiger partial charge on any atom is -0.468 e. The number of nitrogens with one attached hydrogen (secondary N) is 3. The summed E-state index contributed by atoms with van der Waals surface area (Å²) in [5, 5.41) is 9.66. The Balaban J connectivity index is 1.45. The number of benzene rings is 3. The molecule has 0 saturated carbocycles. The van der Waals surface area contributed by atoms with E-state index < -0.39 is 23.6 Å². The van der Waals surface area contributed by atoms with Crippen LogP contribution in [-0.4, -0.2) is 37.7 Å². The van der Waals surface area contributed by atoms with Crippen LogP contribution in [0.25, 0.3) is 0 Å². The first kappa shape index (κ1) is 28.4. The number of halogens is 2. The minimum atomic E-state index is -1.48.